The van der Waals surface area contributed by atoms with Crippen LogP contribution in [0.5, 0.6) is 17.2 Å². The van der Waals surface area contributed by atoms with E-state index in [9.17, 15) is 5.11 Å². The van der Waals surface area contributed by atoms with Gasteiger partial charge in [0.1, 0.15) is 23.1 Å². The Morgan fingerprint density at radius 1 is 0.964 bits per heavy atom. The molecule has 0 amide bonds. The van der Waals surface area contributed by atoms with Crippen molar-refractivity contribution in [1.29, 1.82) is 0 Å². The number of rotatable bonds is 7. The highest BCUT2D eigenvalue weighted by Gasteiger charge is 2.17. The second-order valence-electron chi connectivity index (χ2n) is 6.20. The summed E-state index contributed by atoms with van der Waals surface area (Å²) in [5, 5.41) is 9.61. The molecule has 7 nitrogen and oxygen atoms in total. The summed E-state index contributed by atoms with van der Waals surface area (Å²) in [6, 6.07) is 10.9. The van der Waals surface area contributed by atoms with Gasteiger partial charge in [-0.25, -0.2) is 4.98 Å². The minimum atomic E-state index is 0.147. The summed E-state index contributed by atoms with van der Waals surface area (Å²) >= 11 is 0. The summed E-state index contributed by atoms with van der Waals surface area (Å²) in [7, 11) is 0. The lowest BCUT2D eigenvalue weighted by Gasteiger charge is -2.18. The Labute approximate surface area is 164 Å². The first-order chi connectivity index (χ1) is 13.5. The summed E-state index contributed by atoms with van der Waals surface area (Å²) in [6.45, 7) is 4.87. The van der Waals surface area contributed by atoms with Crippen LogP contribution in [0, 0.1) is 0 Å². The van der Waals surface area contributed by atoms with Gasteiger partial charge in [-0.1, -0.05) is 12.1 Å². The molecule has 0 spiro atoms. The van der Waals surface area contributed by atoms with Gasteiger partial charge < -0.3 is 26.0 Å². The number of anilines is 2. The van der Waals surface area contributed by atoms with E-state index in [-0.39, 0.29) is 11.7 Å². The van der Waals surface area contributed by atoms with Gasteiger partial charge in [0.25, 0.3) is 0 Å². The average Bonchev–Trinajstić information content (AvgIpc) is 2.66. The molecule has 0 aliphatic rings. The molecule has 146 valence electrons. The molecule has 2 aromatic carbocycles. The molecule has 1 aromatic heterocycles. The summed E-state index contributed by atoms with van der Waals surface area (Å²) in [4.78, 5) is 8.05. The molecular formula is C21H24N4O3. The Hall–Kier alpha value is -3.48. The molecule has 0 radical (unpaired) electrons. The van der Waals surface area contributed by atoms with Gasteiger partial charge in [-0.3, -0.25) is 0 Å². The summed E-state index contributed by atoms with van der Waals surface area (Å²) < 4.78 is 11.8. The van der Waals surface area contributed by atoms with Crippen LogP contribution in [0.25, 0.3) is 11.1 Å². The van der Waals surface area contributed by atoms with E-state index in [0.29, 0.717) is 37.0 Å². The topological polar surface area (TPSA) is 117 Å². The van der Waals surface area contributed by atoms with Crippen LogP contribution < -0.4 is 20.9 Å². The van der Waals surface area contributed by atoms with Gasteiger partial charge in [0.05, 0.1) is 18.8 Å². The minimum absolute atomic E-state index is 0.147. The van der Waals surface area contributed by atoms with Gasteiger partial charge in [0.2, 0.25) is 5.95 Å². The number of ether oxygens (including phenoxy) is 2. The molecule has 0 saturated heterocycles. The molecule has 0 unspecified atom stereocenters. The summed E-state index contributed by atoms with van der Waals surface area (Å²) in [5.41, 5.74) is 15.0. The van der Waals surface area contributed by atoms with E-state index in [1.165, 1.54) is 0 Å². The van der Waals surface area contributed by atoms with E-state index in [1.807, 2.05) is 38.1 Å². The number of nitrogens with two attached hydrogens (primary N) is 2. The predicted molar refractivity (Wildman–Crippen MR) is 110 cm³/mol. The highest BCUT2D eigenvalue weighted by Crippen LogP contribution is 2.41. The molecule has 0 aliphatic carbocycles. The Balaban J connectivity index is 2.08. The molecule has 7 heteroatoms. The van der Waals surface area contributed by atoms with E-state index >= 15 is 0 Å². The van der Waals surface area contributed by atoms with Crippen LogP contribution in [0.3, 0.4) is 0 Å². The number of aromatic nitrogens is 2. The van der Waals surface area contributed by atoms with Gasteiger partial charge in [0, 0.05) is 18.2 Å². The SMILES string of the molecule is CCOc1cc(Cc2cnc(N)nc2N)cc(OCC)c1-c1ccc(O)cc1. The normalized spacial score (nSPS) is 10.6. The molecule has 1 heterocycles. The van der Waals surface area contributed by atoms with Crippen molar-refractivity contribution in [3.63, 3.8) is 0 Å². The second-order valence-corrected chi connectivity index (χ2v) is 6.20. The standard InChI is InChI=1S/C21H24N4O3/c1-3-27-17-10-13(9-15-12-24-21(23)25-20(15)22)11-18(28-4-2)19(17)14-5-7-16(26)8-6-14/h5-8,10-12,26H,3-4,9H2,1-2H3,(H4,22,23,24,25). The Kier molecular flexibility index (Phi) is 5.84. The number of nitrogens with zero attached hydrogens (tertiary/aromatic N) is 2. The van der Waals surface area contributed by atoms with Crippen molar-refractivity contribution in [2.45, 2.75) is 20.3 Å². The zero-order valence-electron chi connectivity index (χ0n) is 16.0. The fourth-order valence-corrected chi connectivity index (χ4v) is 2.99. The number of benzene rings is 2. The predicted octanol–water partition coefficient (Wildman–Crippen LogP) is 3.40. The van der Waals surface area contributed by atoms with E-state index in [0.717, 1.165) is 22.3 Å². The van der Waals surface area contributed by atoms with Gasteiger partial charge in [-0.05, 0) is 49.2 Å². The van der Waals surface area contributed by atoms with Crippen molar-refractivity contribution in [1.82, 2.24) is 9.97 Å². The molecule has 28 heavy (non-hydrogen) atoms. The van der Waals surface area contributed by atoms with Gasteiger partial charge in [0.15, 0.2) is 0 Å². The lowest BCUT2D eigenvalue weighted by Crippen LogP contribution is -2.05. The van der Waals surface area contributed by atoms with Crippen LogP contribution in [0.2, 0.25) is 0 Å². The lowest BCUT2D eigenvalue weighted by molar-refractivity contribution is 0.325. The highest BCUT2D eigenvalue weighted by molar-refractivity contribution is 5.78. The number of phenols is 1. The third kappa shape index (κ3) is 4.25. The summed E-state index contributed by atoms with van der Waals surface area (Å²) in [5.74, 6) is 2.10. The third-order valence-corrected chi connectivity index (χ3v) is 4.19. The molecule has 0 fully saturated rings. The number of hydrogen-bond donors (Lipinski definition) is 3. The first-order valence-electron chi connectivity index (χ1n) is 9.10. The van der Waals surface area contributed by atoms with Crippen molar-refractivity contribution in [2.24, 2.45) is 0 Å². The summed E-state index contributed by atoms with van der Waals surface area (Å²) in [6.07, 6.45) is 2.15. The third-order valence-electron chi connectivity index (χ3n) is 4.19. The van der Waals surface area contributed by atoms with Gasteiger partial charge in [-0.15, -0.1) is 0 Å². The van der Waals surface area contributed by atoms with E-state index in [1.54, 1.807) is 18.3 Å². The van der Waals surface area contributed by atoms with Gasteiger partial charge in [-0.2, -0.15) is 4.98 Å². The van der Waals surface area contributed by atoms with Crippen LogP contribution in [0.1, 0.15) is 25.0 Å². The van der Waals surface area contributed by atoms with Crippen LogP contribution in [0.4, 0.5) is 11.8 Å². The number of hydrogen-bond acceptors (Lipinski definition) is 7. The Bertz CT molecular complexity index is 931. The van der Waals surface area contributed by atoms with Crippen molar-refractivity contribution < 1.29 is 14.6 Å². The van der Waals surface area contributed by atoms with Crippen LogP contribution >= 0.6 is 0 Å². The van der Waals surface area contributed by atoms with Crippen LogP contribution in [-0.4, -0.2) is 28.3 Å². The van der Waals surface area contributed by atoms with Crippen molar-refractivity contribution in [3.8, 4) is 28.4 Å². The van der Waals surface area contributed by atoms with Gasteiger partial charge >= 0.3 is 0 Å². The number of phenolic OH excluding ortho intramolecular Hbond substituents is 1. The molecular weight excluding hydrogens is 356 g/mol. The molecule has 0 aliphatic heterocycles. The maximum absolute atomic E-state index is 9.61. The van der Waals surface area contributed by atoms with E-state index in [4.69, 9.17) is 20.9 Å². The Morgan fingerprint density at radius 3 is 2.11 bits per heavy atom. The zero-order chi connectivity index (χ0) is 20.1. The largest absolute Gasteiger partial charge is 0.508 e. The highest BCUT2D eigenvalue weighted by atomic mass is 16.5. The first kappa shape index (κ1) is 19.3. The molecule has 0 bridgehead atoms. The van der Waals surface area contributed by atoms with Crippen LogP contribution in [0.15, 0.2) is 42.6 Å². The maximum atomic E-state index is 9.61. The van der Waals surface area contributed by atoms with Crippen molar-refractivity contribution >= 4 is 11.8 Å². The molecule has 5 N–H and O–H groups in total. The molecule has 3 rings (SSSR count). The smallest absolute Gasteiger partial charge is 0.221 e. The van der Waals surface area contributed by atoms with Crippen LogP contribution in [-0.2, 0) is 6.42 Å². The van der Waals surface area contributed by atoms with Crippen molar-refractivity contribution in [3.05, 3.63) is 53.7 Å². The lowest BCUT2D eigenvalue weighted by atomic mass is 9.98. The fourth-order valence-electron chi connectivity index (χ4n) is 2.99. The monoisotopic (exact) mass is 380 g/mol. The molecule has 0 saturated carbocycles. The zero-order valence-corrected chi connectivity index (χ0v) is 16.0. The Morgan fingerprint density at radius 2 is 1.57 bits per heavy atom. The average molecular weight is 380 g/mol. The van der Waals surface area contributed by atoms with Crippen molar-refractivity contribution in [2.75, 3.05) is 24.7 Å². The number of aromatic hydroxyl groups is 1. The molecule has 3 aromatic rings. The quantitative estimate of drug-likeness (QED) is 0.575. The van der Waals surface area contributed by atoms with E-state index < -0.39 is 0 Å². The van der Waals surface area contributed by atoms with E-state index in [2.05, 4.69) is 9.97 Å². The maximum Gasteiger partial charge on any atom is 0.221 e. The number of nitrogen functional groups attached to an aromatic ring is 2. The second kappa shape index (κ2) is 8.47. The first-order valence-corrected chi connectivity index (χ1v) is 9.10. The fraction of sp³-hybridized carbons (Fsp3) is 0.238. The molecule has 0 atom stereocenters. The minimum Gasteiger partial charge on any atom is -0.508 e.